The van der Waals surface area contributed by atoms with Gasteiger partial charge in [-0.2, -0.15) is 0 Å². The number of rotatable bonds is 5. The normalized spacial score (nSPS) is 18.8. The zero-order valence-electron chi connectivity index (χ0n) is 18.7. The summed E-state index contributed by atoms with van der Waals surface area (Å²) in [5.74, 6) is -0.245. The topological polar surface area (TPSA) is 73.0 Å². The molecule has 2 aliphatic rings. The first-order valence-electron chi connectivity index (χ1n) is 11.2. The molecule has 0 saturated carbocycles. The molecule has 2 fully saturated rings. The Morgan fingerprint density at radius 3 is 2.34 bits per heavy atom. The Kier molecular flexibility index (Phi) is 6.44. The minimum atomic E-state index is -0.123. The van der Waals surface area contributed by atoms with E-state index in [9.17, 15) is 14.4 Å². The van der Waals surface area contributed by atoms with Crippen molar-refractivity contribution in [2.75, 3.05) is 30.4 Å². The van der Waals surface area contributed by atoms with Crippen molar-refractivity contribution in [3.8, 4) is 0 Å². The smallest absolute Gasteiger partial charge is 0.321 e. The summed E-state index contributed by atoms with van der Waals surface area (Å²) in [5, 5.41) is 2.98. The lowest BCUT2D eigenvalue weighted by Gasteiger charge is -2.38. The van der Waals surface area contributed by atoms with Crippen LogP contribution in [-0.2, 0) is 16.1 Å². The molecule has 0 aliphatic carbocycles. The SMILES string of the molecule is Cc1ccc(N(C)[C@@H]2CCCN(C(=O)Nc3ccc(CN4C(=O)CCC4=O)cc3)C2)cc1. The summed E-state index contributed by atoms with van der Waals surface area (Å²) in [6.07, 6.45) is 2.60. The lowest BCUT2D eigenvalue weighted by atomic mass is 10.0. The minimum absolute atomic E-state index is 0.107. The van der Waals surface area contributed by atoms with Gasteiger partial charge in [0, 0.05) is 50.4 Å². The third-order valence-electron chi connectivity index (χ3n) is 6.37. The number of likely N-dealkylation sites (tertiary alicyclic amines) is 2. The molecule has 0 unspecified atom stereocenters. The quantitative estimate of drug-likeness (QED) is 0.727. The molecule has 1 atom stereocenters. The van der Waals surface area contributed by atoms with E-state index in [4.69, 9.17) is 0 Å². The van der Waals surface area contributed by atoms with E-state index in [1.165, 1.54) is 10.5 Å². The summed E-state index contributed by atoms with van der Waals surface area (Å²) in [6, 6.07) is 16.0. The molecule has 2 heterocycles. The van der Waals surface area contributed by atoms with Crippen LogP contribution in [0.15, 0.2) is 48.5 Å². The number of imide groups is 1. The zero-order chi connectivity index (χ0) is 22.7. The van der Waals surface area contributed by atoms with Gasteiger partial charge in [0.25, 0.3) is 0 Å². The number of nitrogens with zero attached hydrogens (tertiary/aromatic N) is 3. The highest BCUT2D eigenvalue weighted by Crippen LogP contribution is 2.23. The van der Waals surface area contributed by atoms with Crippen molar-refractivity contribution < 1.29 is 14.4 Å². The molecule has 4 rings (SSSR count). The van der Waals surface area contributed by atoms with Gasteiger partial charge in [0.2, 0.25) is 11.8 Å². The lowest BCUT2D eigenvalue weighted by Crippen LogP contribution is -2.50. The van der Waals surface area contributed by atoms with E-state index >= 15 is 0 Å². The molecule has 0 spiro atoms. The third kappa shape index (κ3) is 4.93. The number of benzene rings is 2. The van der Waals surface area contributed by atoms with Crippen LogP contribution in [0.5, 0.6) is 0 Å². The van der Waals surface area contributed by atoms with Crippen molar-refractivity contribution in [3.05, 3.63) is 59.7 Å². The molecule has 4 amide bonds. The molecule has 7 heteroatoms. The van der Waals surface area contributed by atoms with E-state index < -0.39 is 0 Å². The van der Waals surface area contributed by atoms with Gasteiger partial charge in [-0.3, -0.25) is 14.5 Å². The molecule has 0 aromatic heterocycles. The van der Waals surface area contributed by atoms with E-state index in [0.29, 0.717) is 25.1 Å². The number of aryl methyl sites for hydroxylation is 1. The Balaban J connectivity index is 1.33. The maximum Gasteiger partial charge on any atom is 0.321 e. The number of hydrogen-bond acceptors (Lipinski definition) is 4. The van der Waals surface area contributed by atoms with Crippen LogP contribution in [0.1, 0.15) is 36.8 Å². The molecule has 7 nitrogen and oxygen atoms in total. The van der Waals surface area contributed by atoms with Crippen molar-refractivity contribution in [1.29, 1.82) is 0 Å². The van der Waals surface area contributed by atoms with Crippen molar-refractivity contribution in [1.82, 2.24) is 9.80 Å². The second-order valence-corrected chi connectivity index (χ2v) is 8.69. The predicted octanol–water partition coefficient (Wildman–Crippen LogP) is 3.78. The third-order valence-corrected chi connectivity index (χ3v) is 6.37. The van der Waals surface area contributed by atoms with Gasteiger partial charge in [-0.1, -0.05) is 29.8 Å². The van der Waals surface area contributed by atoms with E-state index in [-0.39, 0.29) is 30.4 Å². The van der Waals surface area contributed by atoms with Gasteiger partial charge in [0.1, 0.15) is 0 Å². The van der Waals surface area contributed by atoms with Crippen LogP contribution in [-0.4, -0.2) is 53.8 Å². The Morgan fingerprint density at radius 2 is 1.69 bits per heavy atom. The number of urea groups is 1. The van der Waals surface area contributed by atoms with Crippen LogP contribution in [0.25, 0.3) is 0 Å². The zero-order valence-corrected chi connectivity index (χ0v) is 18.7. The highest BCUT2D eigenvalue weighted by Gasteiger charge is 2.29. The van der Waals surface area contributed by atoms with Crippen molar-refractivity contribution in [2.24, 2.45) is 0 Å². The Morgan fingerprint density at radius 1 is 1.03 bits per heavy atom. The molecule has 2 aliphatic heterocycles. The van der Waals surface area contributed by atoms with Crippen LogP contribution in [0, 0.1) is 6.92 Å². The average molecular weight is 435 g/mol. The minimum Gasteiger partial charge on any atom is -0.370 e. The number of nitrogens with one attached hydrogen (secondary N) is 1. The molecule has 168 valence electrons. The first-order chi connectivity index (χ1) is 15.4. The second kappa shape index (κ2) is 9.42. The maximum atomic E-state index is 12.9. The van der Waals surface area contributed by atoms with E-state index in [0.717, 1.165) is 30.6 Å². The number of anilines is 2. The molecule has 2 saturated heterocycles. The molecule has 2 aromatic carbocycles. The molecule has 0 radical (unpaired) electrons. The number of carbonyl (C=O) groups excluding carboxylic acids is 3. The van der Waals surface area contributed by atoms with Gasteiger partial charge in [-0.15, -0.1) is 0 Å². The van der Waals surface area contributed by atoms with E-state index in [2.05, 4.69) is 48.5 Å². The first kappa shape index (κ1) is 21.9. The monoisotopic (exact) mass is 434 g/mol. The fourth-order valence-electron chi connectivity index (χ4n) is 4.32. The van der Waals surface area contributed by atoms with Crippen LogP contribution in [0.2, 0.25) is 0 Å². The number of hydrogen-bond donors (Lipinski definition) is 1. The highest BCUT2D eigenvalue weighted by molar-refractivity contribution is 6.01. The number of likely N-dealkylation sites (N-methyl/N-ethyl adjacent to an activating group) is 1. The van der Waals surface area contributed by atoms with Gasteiger partial charge in [0.15, 0.2) is 0 Å². The molecule has 2 aromatic rings. The van der Waals surface area contributed by atoms with Crippen LogP contribution in [0.3, 0.4) is 0 Å². The van der Waals surface area contributed by atoms with Crippen molar-refractivity contribution >= 4 is 29.2 Å². The summed E-state index contributed by atoms with van der Waals surface area (Å²) in [6.45, 7) is 3.77. The molecule has 1 N–H and O–H groups in total. The molecular formula is C25H30N4O3. The van der Waals surface area contributed by atoms with Gasteiger partial charge in [-0.05, 0) is 49.6 Å². The van der Waals surface area contributed by atoms with Gasteiger partial charge in [0.05, 0.1) is 6.54 Å². The number of amides is 4. The van der Waals surface area contributed by atoms with E-state index in [1.807, 2.05) is 29.2 Å². The summed E-state index contributed by atoms with van der Waals surface area (Å²) >= 11 is 0. The largest absolute Gasteiger partial charge is 0.370 e. The van der Waals surface area contributed by atoms with E-state index in [1.54, 1.807) is 0 Å². The first-order valence-corrected chi connectivity index (χ1v) is 11.2. The number of carbonyl (C=O) groups is 3. The standard InChI is InChI=1S/C25H30N4O3/c1-18-5-11-21(12-6-18)27(2)22-4-3-15-28(17-22)25(32)26-20-9-7-19(8-10-20)16-29-23(30)13-14-24(29)31/h5-12,22H,3-4,13-17H2,1-2H3,(H,26,32)/t22-/m1/s1. The van der Waals surface area contributed by atoms with Crippen LogP contribution >= 0.6 is 0 Å². The Bertz CT molecular complexity index is 971. The van der Waals surface area contributed by atoms with Crippen molar-refractivity contribution in [2.45, 2.75) is 45.2 Å². The Hall–Kier alpha value is -3.35. The van der Waals surface area contributed by atoms with Crippen molar-refractivity contribution in [3.63, 3.8) is 0 Å². The number of piperidine rings is 1. The fourth-order valence-corrected chi connectivity index (χ4v) is 4.32. The summed E-state index contributed by atoms with van der Waals surface area (Å²) in [7, 11) is 2.09. The summed E-state index contributed by atoms with van der Waals surface area (Å²) in [5.41, 5.74) is 3.96. The fraction of sp³-hybridized carbons (Fsp3) is 0.400. The average Bonchev–Trinajstić information content (AvgIpc) is 3.12. The van der Waals surface area contributed by atoms with Gasteiger partial charge >= 0.3 is 6.03 Å². The lowest BCUT2D eigenvalue weighted by molar-refractivity contribution is -0.139. The summed E-state index contributed by atoms with van der Waals surface area (Å²) < 4.78 is 0. The molecule has 32 heavy (non-hydrogen) atoms. The maximum absolute atomic E-state index is 12.9. The molecule has 0 bridgehead atoms. The predicted molar refractivity (Wildman–Crippen MR) is 124 cm³/mol. The second-order valence-electron chi connectivity index (χ2n) is 8.69. The van der Waals surface area contributed by atoms with Gasteiger partial charge < -0.3 is 15.1 Å². The Labute approximate surface area is 189 Å². The van der Waals surface area contributed by atoms with Gasteiger partial charge in [-0.25, -0.2) is 4.79 Å². The van der Waals surface area contributed by atoms with Crippen LogP contribution < -0.4 is 10.2 Å². The molecular weight excluding hydrogens is 404 g/mol. The van der Waals surface area contributed by atoms with Crippen LogP contribution in [0.4, 0.5) is 16.2 Å². The highest BCUT2D eigenvalue weighted by atomic mass is 16.2. The summed E-state index contributed by atoms with van der Waals surface area (Å²) in [4.78, 5) is 41.9.